The molecule has 2 aromatic heterocycles. The van der Waals surface area contributed by atoms with Gasteiger partial charge in [-0.25, -0.2) is 22.1 Å². The number of furan rings is 1. The summed E-state index contributed by atoms with van der Waals surface area (Å²) in [5.74, 6) is -0.108. The van der Waals surface area contributed by atoms with Gasteiger partial charge in [-0.1, -0.05) is 17.7 Å². The predicted octanol–water partition coefficient (Wildman–Crippen LogP) is 3.86. The van der Waals surface area contributed by atoms with Gasteiger partial charge in [-0.05, 0) is 42.5 Å². The van der Waals surface area contributed by atoms with Crippen molar-refractivity contribution in [1.29, 1.82) is 0 Å². The number of sulfonamides is 1. The molecule has 24 heavy (non-hydrogen) atoms. The average molecular weight is 367 g/mol. The summed E-state index contributed by atoms with van der Waals surface area (Å²) in [6, 6.07) is 11.3. The van der Waals surface area contributed by atoms with Crippen LogP contribution in [0.4, 0.5) is 10.2 Å². The molecule has 3 aromatic rings. The second-order valence-electron chi connectivity index (χ2n) is 4.85. The van der Waals surface area contributed by atoms with Crippen molar-refractivity contribution >= 4 is 27.4 Å². The van der Waals surface area contributed by atoms with E-state index in [0.29, 0.717) is 5.76 Å². The van der Waals surface area contributed by atoms with Crippen LogP contribution in [0.15, 0.2) is 70.3 Å². The lowest BCUT2D eigenvalue weighted by Crippen LogP contribution is -2.31. The molecule has 2 heterocycles. The Morgan fingerprint density at radius 1 is 1.17 bits per heavy atom. The second kappa shape index (κ2) is 6.62. The Hall–Kier alpha value is -2.38. The predicted molar refractivity (Wildman–Crippen MR) is 87.7 cm³/mol. The molecule has 8 heteroatoms. The quantitative estimate of drug-likeness (QED) is 0.687. The zero-order valence-corrected chi connectivity index (χ0v) is 13.8. The number of rotatable bonds is 5. The van der Waals surface area contributed by atoms with E-state index in [1.807, 2.05) is 0 Å². The molecule has 0 radical (unpaired) electrons. The standard InChI is InChI=1S/C16H12ClFN2O3S/c17-14-7-6-12(18)10-15(14)24(21,22)20(11-13-4-3-9-23-13)16-5-1-2-8-19-16/h1-10H,11H2. The summed E-state index contributed by atoms with van der Waals surface area (Å²) >= 11 is 5.98. The zero-order chi connectivity index (χ0) is 17.2. The van der Waals surface area contributed by atoms with Crippen LogP contribution in [-0.2, 0) is 16.6 Å². The molecular formula is C16H12ClFN2O3S. The lowest BCUT2D eigenvalue weighted by molar-refractivity contribution is 0.508. The van der Waals surface area contributed by atoms with Gasteiger partial charge in [0.05, 0.1) is 17.8 Å². The van der Waals surface area contributed by atoms with Crippen molar-refractivity contribution in [2.75, 3.05) is 4.31 Å². The highest BCUT2D eigenvalue weighted by Crippen LogP contribution is 2.29. The number of benzene rings is 1. The molecule has 1 aromatic carbocycles. The molecule has 0 aliphatic rings. The lowest BCUT2D eigenvalue weighted by Gasteiger charge is -2.23. The molecule has 0 N–H and O–H groups in total. The minimum absolute atomic E-state index is 0.0724. The fourth-order valence-electron chi connectivity index (χ4n) is 2.13. The first kappa shape index (κ1) is 16.5. The highest BCUT2D eigenvalue weighted by Gasteiger charge is 2.29. The van der Waals surface area contributed by atoms with Gasteiger partial charge in [-0.15, -0.1) is 0 Å². The topological polar surface area (TPSA) is 63.4 Å². The number of hydrogen-bond acceptors (Lipinski definition) is 4. The van der Waals surface area contributed by atoms with Crippen molar-refractivity contribution in [3.05, 3.63) is 77.6 Å². The van der Waals surface area contributed by atoms with Crippen LogP contribution in [0.3, 0.4) is 0 Å². The van der Waals surface area contributed by atoms with Crippen LogP contribution in [0.2, 0.25) is 5.02 Å². The van der Waals surface area contributed by atoms with E-state index < -0.39 is 15.8 Å². The number of pyridine rings is 1. The van der Waals surface area contributed by atoms with Crippen LogP contribution in [0.25, 0.3) is 0 Å². The van der Waals surface area contributed by atoms with Gasteiger partial charge < -0.3 is 4.42 Å². The maximum atomic E-state index is 13.5. The first-order valence-corrected chi connectivity index (χ1v) is 8.71. The Labute approximate surface area is 143 Å². The molecule has 0 fully saturated rings. The van der Waals surface area contributed by atoms with Crippen molar-refractivity contribution in [1.82, 2.24) is 4.98 Å². The summed E-state index contributed by atoms with van der Waals surface area (Å²) < 4.78 is 45.8. The zero-order valence-electron chi connectivity index (χ0n) is 12.3. The minimum Gasteiger partial charge on any atom is -0.467 e. The molecule has 0 atom stereocenters. The van der Waals surface area contributed by atoms with E-state index in [-0.39, 0.29) is 22.3 Å². The molecule has 5 nitrogen and oxygen atoms in total. The molecule has 3 rings (SSSR count). The van der Waals surface area contributed by atoms with E-state index in [2.05, 4.69) is 4.98 Å². The highest BCUT2D eigenvalue weighted by molar-refractivity contribution is 7.92. The molecule has 0 unspecified atom stereocenters. The van der Waals surface area contributed by atoms with Gasteiger partial charge in [0.1, 0.15) is 22.3 Å². The lowest BCUT2D eigenvalue weighted by atomic mass is 10.3. The number of nitrogens with zero attached hydrogens (tertiary/aromatic N) is 2. The molecule has 124 valence electrons. The Kier molecular flexibility index (Phi) is 4.55. The fourth-order valence-corrected chi connectivity index (χ4v) is 4.00. The summed E-state index contributed by atoms with van der Waals surface area (Å²) in [5.41, 5.74) is 0. The summed E-state index contributed by atoms with van der Waals surface area (Å²) in [6.45, 7) is -0.0980. The van der Waals surface area contributed by atoms with Crippen molar-refractivity contribution in [3.8, 4) is 0 Å². The summed E-state index contributed by atoms with van der Waals surface area (Å²) in [4.78, 5) is 3.74. The van der Waals surface area contributed by atoms with Crippen LogP contribution in [0.5, 0.6) is 0 Å². The van der Waals surface area contributed by atoms with Crippen molar-refractivity contribution in [2.24, 2.45) is 0 Å². The monoisotopic (exact) mass is 366 g/mol. The summed E-state index contributed by atoms with van der Waals surface area (Å²) in [5, 5.41) is -0.0724. The number of anilines is 1. The molecule has 0 saturated heterocycles. The number of halogens is 2. The van der Waals surface area contributed by atoms with Gasteiger partial charge in [-0.2, -0.15) is 0 Å². The van der Waals surface area contributed by atoms with Gasteiger partial charge in [0.25, 0.3) is 10.0 Å². The first-order chi connectivity index (χ1) is 11.5. The summed E-state index contributed by atoms with van der Waals surface area (Å²) in [6.07, 6.45) is 2.90. The van der Waals surface area contributed by atoms with Crippen molar-refractivity contribution in [2.45, 2.75) is 11.4 Å². The Bertz CT molecular complexity index is 931. The molecule has 0 aliphatic carbocycles. The third-order valence-electron chi connectivity index (χ3n) is 3.25. The van der Waals surface area contributed by atoms with Crippen LogP contribution in [0.1, 0.15) is 5.76 Å². The van der Waals surface area contributed by atoms with E-state index in [0.717, 1.165) is 16.4 Å². The van der Waals surface area contributed by atoms with Crippen molar-refractivity contribution in [3.63, 3.8) is 0 Å². The van der Waals surface area contributed by atoms with Crippen molar-refractivity contribution < 1.29 is 17.2 Å². The van der Waals surface area contributed by atoms with E-state index in [4.69, 9.17) is 16.0 Å². The maximum absolute atomic E-state index is 13.5. The van der Waals surface area contributed by atoms with Crippen LogP contribution in [-0.4, -0.2) is 13.4 Å². The molecule has 0 amide bonds. The Balaban J connectivity index is 2.12. The third-order valence-corrected chi connectivity index (χ3v) is 5.48. The highest BCUT2D eigenvalue weighted by atomic mass is 35.5. The normalized spacial score (nSPS) is 11.4. The van der Waals surface area contributed by atoms with Gasteiger partial charge in [0, 0.05) is 6.20 Å². The van der Waals surface area contributed by atoms with E-state index in [1.54, 1.807) is 24.3 Å². The smallest absolute Gasteiger partial charge is 0.267 e. The minimum atomic E-state index is -4.14. The van der Waals surface area contributed by atoms with Crippen LogP contribution in [0, 0.1) is 5.82 Å². The number of aromatic nitrogens is 1. The first-order valence-electron chi connectivity index (χ1n) is 6.90. The Morgan fingerprint density at radius 3 is 2.67 bits per heavy atom. The van der Waals surface area contributed by atoms with Gasteiger partial charge in [-0.3, -0.25) is 0 Å². The summed E-state index contributed by atoms with van der Waals surface area (Å²) in [7, 11) is -4.14. The molecule has 0 saturated carbocycles. The largest absolute Gasteiger partial charge is 0.467 e. The van der Waals surface area contributed by atoms with E-state index in [9.17, 15) is 12.8 Å². The van der Waals surface area contributed by atoms with E-state index >= 15 is 0 Å². The maximum Gasteiger partial charge on any atom is 0.267 e. The second-order valence-corrected chi connectivity index (χ2v) is 7.09. The average Bonchev–Trinajstić information content (AvgIpc) is 3.08. The molecular weight excluding hydrogens is 355 g/mol. The third kappa shape index (κ3) is 3.27. The van der Waals surface area contributed by atoms with E-state index in [1.165, 1.54) is 24.6 Å². The van der Waals surface area contributed by atoms with Gasteiger partial charge in [0.15, 0.2) is 0 Å². The molecule has 0 bridgehead atoms. The van der Waals surface area contributed by atoms with Crippen LogP contribution < -0.4 is 4.31 Å². The Morgan fingerprint density at radius 2 is 2.00 bits per heavy atom. The molecule has 0 aliphatic heterocycles. The fraction of sp³-hybridized carbons (Fsp3) is 0.0625. The van der Waals surface area contributed by atoms with Gasteiger partial charge in [0.2, 0.25) is 0 Å². The number of hydrogen-bond donors (Lipinski definition) is 0. The van der Waals surface area contributed by atoms with Crippen LogP contribution >= 0.6 is 11.6 Å². The SMILES string of the molecule is O=S(=O)(c1cc(F)ccc1Cl)N(Cc1ccco1)c1ccccn1. The van der Waals surface area contributed by atoms with Gasteiger partial charge >= 0.3 is 0 Å². The molecule has 0 spiro atoms.